The molecular formula is C14H20O2. The third-order valence-corrected chi connectivity index (χ3v) is 2.78. The Hall–Kier alpha value is -1.28. The van der Waals surface area contributed by atoms with Crippen molar-refractivity contribution in [3.05, 3.63) is 42.5 Å². The second-order valence-corrected chi connectivity index (χ2v) is 4.27. The minimum absolute atomic E-state index is 0.312. The van der Waals surface area contributed by atoms with Gasteiger partial charge in [0, 0.05) is 0 Å². The Morgan fingerprint density at radius 2 is 2.06 bits per heavy atom. The van der Waals surface area contributed by atoms with Crippen molar-refractivity contribution in [2.75, 3.05) is 0 Å². The number of hydrogen-bond acceptors (Lipinski definition) is 2. The van der Waals surface area contributed by atoms with E-state index in [0.717, 1.165) is 12.0 Å². The quantitative estimate of drug-likeness (QED) is 0.724. The molecule has 2 N–H and O–H groups in total. The summed E-state index contributed by atoms with van der Waals surface area (Å²) in [7, 11) is 0. The summed E-state index contributed by atoms with van der Waals surface area (Å²) >= 11 is 0. The minimum Gasteiger partial charge on any atom is -0.508 e. The normalized spacial score (nSPS) is 14.4. The highest BCUT2D eigenvalue weighted by Gasteiger charge is 2.09. The SMILES string of the molecule is C=CC(C)CC(O)CCc1ccccc1O. The fraction of sp³-hybridized carbons (Fsp3) is 0.429. The molecule has 88 valence electrons. The number of phenols is 1. The molecule has 0 fully saturated rings. The predicted octanol–water partition coefficient (Wildman–Crippen LogP) is 2.90. The first-order valence-electron chi connectivity index (χ1n) is 5.71. The number of aryl methyl sites for hydroxylation is 1. The second-order valence-electron chi connectivity index (χ2n) is 4.27. The molecule has 2 atom stereocenters. The van der Waals surface area contributed by atoms with Gasteiger partial charge in [0.1, 0.15) is 5.75 Å². The van der Waals surface area contributed by atoms with Crippen LogP contribution in [0.15, 0.2) is 36.9 Å². The largest absolute Gasteiger partial charge is 0.508 e. The lowest BCUT2D eigenvalue weighted by Gasteiger charge is -2.13. The molecule has 0 saturated carbocycles. The van der Waals surface area contributed by atoms with Crippen LogP contribution in [-0.4, -0.2) is 16.3 Å². The van der Waals surface area contributed by atoms with E-state index in [-0.39, 0.29) is 6.10 Å². The van der Waals surface area contributed by atoms with Gasteiger partial charge in [-0.15, -0.1) is 6.58 Å². The van der Waals surface area contributed by atoms with Crippen LogP contribution in [0.25, 0.3) is 0 Å². The number of para-hydroxylation sites is 1. The van der Waals surface area contributed by atoms with Crippen molar-refractivity contribution in [1.82, 2.24) is 0 Å². The van der Waals surface area contributed by atoms with E-state index in [9.17, 15) is 10.2 Å². The predicted molar refractivity (Wildman–Crippen MR) is 66.4 cm³/mol. The maximum absolute atomic E-state index is 9.77. The van der Waals surface area contributed by atoms with Crippen LogP contribution in [0.3, 0.4) is 0 Å². The van der Waals surface area contributed by atoms with E-state index in [1.54, 1.807) is 12.1 Å². The third-order valence-electron chi connectivity index (χ3n) is 2.78. The third kappa shape index (κ3) is 4.07. The molecule has 0 aliphatic heterocycles. The monoisotopic (exact) mass is 220 g/mol. The molecule has 0 aliphatic rings. The number of hydrogen-bond donors (Lipinski definition) is 2. The van der Waals surface area contributed by atoms with Crippen LogP contribution in [0.5, 0.6) is 5.75 Å². The Bertz CT molecular complexity index is 333. The van der Waals surface area contributed by atoms with Gasteiger partial charge in [0.25, 0.3) is 0 Å². The summed E-state index contributed by atoms with van der Waals surface area (Å²) < 4.78 is 0. The zero-order valence-electron chi connectivity index (χ0n) is 9.76. The molecule has 0 saturated heterocycles. The van der Waals surface area contributed by atoms with Gasteiger partial charge in [0.15, 0.2) is 0 Å². The topological polar surface area (TPSA) is 40.5 Å². The molecule has 0 aliphatic carbocycles. The molecule has 0 bridgehead atoms. The summed E-state index contributed by atoms with van der Waals surface area (Å²) in [6.07, 6.45) is 3.64. The Labute approximate surface area is 97.2 Å². The van der Waals surface area contributed by atoms with Gasteiger partial charge in [-0.3, -0.25) is 0 Å². The first-order chi connectivity index (χ1) is 7.63. The van der Waals surface area contributed by atoms with Gasteiger partial charge in [0.05, 0.1) is 6.10 Å². The maximum Gasteiger partial charge on any atom is 0.118 e. The first-order valence-corrected chi connectivity index (χ1v) is 5.71. The lowest BCUT2D eigenvalue weighted by molar-refractivity contribution is 0.144. The molecule has 0 radical (unpaired) electrons. The van der Waals surface area contributed by atoms with E-state index in [4.69, 9.17) is 0 Å². The minimum atomic E-state index is -0.326. The highest BCUT2D eigenvalue weighted by Crippen LogP contribution is 2.19. The van der Waals surface area contributed by atoms with Crippen molar-refractivity contribution in [2.45, 2.75) is 32.3 Å². The molecule has 16 heavy (non-hydrogen) atoms. The fourth-order valence-corrected chi connectivity index (χ4v) is 1.69. The van der Waals surface area contributed by atoms with E-state index in [1.807, 2.05) is 25.1 Å². The summed E-state index contributed by atoms with van der Waals surface area (Å²) in [6.45, 7) is 5.73. The fourth-order valence-electron chi connectivity index (χ4n) is 1.69. The average molecular weight is 220 g/mol. The number of benzene rings is 1. The van der Waals surface area contributed by atoms with Crippen LogP contribution in [-0.2, 0) is 6.42 Å². The Balaban J connectivity index is 2.40. The van der Waals surface area contributed by atoms with Crippen LogP contribution >= 0.6 is 0 Å². The van der Waals surface area contributed by atoms with Gasteiger partial charge in [-0.25, -0.2) is 0 Å². The van der Waals surface area contributed by atoms with E-state index >= 15 is 0 Å². The zero-order valence-corrected chi connectivity index (χ0v) is 9.76. The smallest absolute Gasteiger partial charge is 0.118 e. The van der Waals surface area contributed by atoms with Gasteiger partial charge in [-0.05, 0) is 36.8 Å². The number of aliphatic hydroxyl groups is 1. The maximum atomic E-state index is 9.77. The van der Waals surface area contributed by atoms with Crippen LogP contribution in [0.4, 0.5) is 0 Å². The standard InChI is InChI=1S/C14H20O2/c1-3-11(2)10-13(15)9-8-12-6-4-5-7-14(12)16/h3-7,11,13,15-16H,1,8-10H2,2H3. The van der Waals surface area contributed by atoms with Crippen molar-refractivity contribution < 1.29 is 10.2 Å². The highest BCUT2D eigenvalue weighted by molar-refractivity contribution is 5.31. The van der Waals surface area contributed by atoms with Crippen molar-refractivity contribution in [3.63, 3.8) is 0 Å². The van der Waals surface area contributed by atoms with Crippen molar-refractivity contribution in [3.8, 4) is 5.75 Å². The Morgan fingerprint density at radius 1 is 1.38 bits per heavy atom. The molecular weight excluding hydrogens is 200 g/mol. The summed E-state index contributed by atoms with van der Waals surface area (Å²) in [5.41, 5.74) is 0.896. The zero-order chi connectivity index (χ0) is 12.0. The van der Waals surface area contributed by atoms with Gasteiger partial charge >= 0.3 is 0 Å². The van der Waals surface area contributed by atoms with E-state index in [0.29, 0.717) is 24.5 Å². The first kappa shape index (κ1) is 12.8. The Morgan fingerprint density at radius 3 is 2.69 bits per heavy atom. The summed E-state index contributed by atoms with van der Waals surface area (Å²) in [6, 6.07) is 7.26. The number of aliphatic hydroxyl groups excluding tert-OH is 1. The van der Waals surface area contributed by atoms with Crippen LogP contribution < -0.4 is 0 Å². The van der Waals surface area contributed by atoms with Crippen molar-refractivity contribution in [2.24, 2.45) is 5.92 Å². The number of allylic oxidation sites excluding steroid dienone is 1. The Kier molecular flexibility index (Phi) is 5.06. The van der Waals surface area contributed by atoms with Gasteiger partial charge in [0.2, 0.25) is 0 Å². The lowest BCUT2D eigenvalue weighted by Crippen LogP contribution is -2.11. The average Bonchev–Trinajstić information content (AvgIpc) is 2.28. The van der Waals surface area contributed by atoms with Gasteiger partial charge < -0.3 is 10.2 Å². The molecule has 0 amide bonds. The molecule has 1 aromatic rings. The highest BCUT2D eigenvalue weighted by atomic mass is 16.3. The summed E-state index contributed by atoms with van der Waals surface area (Å²) in [5.74, 6) is 0.644. The summed E-state index contributed by atoms with van der Waals surface area (Å²) in [5, 5.41) is 19.3. The molecule has 0 spiro atoms. The lowest BCUT2D eigenvalue weighted by atomic mass is 9.98. The number of rotatable bonds is 6. The molecule has 0 heterocycles. The van der Waals surface area contributed by atoms with E-state index in [2.05, 4.69) is 6.58 Å². The summed E-state index contributed by atoms with van der Waals surface area (Å²) in [4.78, 5) is 0. The number of aromatic hydroxyl groups is 1. The molecule has 1 aromatic carbocycles. The second kappa shape index (κ2) is 6.33. The van der Waals surface area contributed by atoms with Crippen LogP contribution in [0.2, 0.25) is 0 Å². The number of phenolic OH excluding ortho intramolecular Hbond substituents is 1. The van der Waals surface area contributed by atoms with E-state index < -0.39 is 0 Å². The van der Waals surface area contributed by atoms with Crippen molar-refractivity contribution >= 4 is 0 Å². The molecule has 1 rings (SSSR count). The van der Waals surface area contributed by atoms with Crippen LogP contribution in [0.1, 0.15) is 25.3 Å². The van der Waals surface area contributed by atoms with E-state index in [1.165, 1.54) is 0 Å². The van der Waals surface area contributed by atoms with Gasteiger partial charge in [-0.2, -0.15) is 0 Å². The van der Waals surface area contributed by atoms with Crippen molar-refractivity contribution in [1.29, 1.82) is 0 Å². The molecule has 0 aromatic heterocycles. The molecule has 2 heteroatoms. The molecule has 2 nitrogen and oxygen atoms in total. The molecule has 2 unspecified atom stereocenters. The van der Waals surface area contributed by atoms with Crippen LogP contribution in [0, 0.1) is 5.92 Å². The van der Waals surface area contributed by atoms with Gasteiger partial charge in [-0.1, -0.05) is 31.2 Å².